The van der Waals surface area contributed by atoms with Gasteiger partial charge in [-0.15, -0.1) is 9.22 Å². The fourth-order valence-corrected chi connectivity index (χ4v) is 8.26. The second-order valence-corrected chi connectivity index (χ2v) is 18.4. The fourth-order valence-electron chi connectivity index (χ4n) is 7.21. The van der Waals surface area contributed by atoms with Gasteiger partial charge in [0, 0.05) is 71.9 Å². The maximum atomic E-state index is 14.5. The summed E-state index contributed by atoms with van der Waals surface area (Å²) < 4.78 is 85.7. The Labute approximate surface area is 336 Å². The number of carbonyl (C=O) groups is 2. The summed E-state index contributed by atoms with van der Waals surface area (Å²) in [7, 11) is -8.89. The SMILES string of the molecule is Cc1cc2c(-c3cc(S(=O)(=O)O)ccc3C(=O)N3CCC(C(=O)OC(C)(C)C)CC3)c3cc(C)c(=[N+]4CCC4OOOS)cc-3oc2cc1NCCCS(=O)(=O)O. The van der Waals surface area contributed by atoms with Crippen LogP contribution < -0.4 is 15.2 Å². The zero-order chi connectivity index (χ0) is 41.4. The Hall–Kier alpha value is -4.08. The van der Waals surface area contributed by atoms with Gasteiger partial charge in [-0.1, -0.05) is 0 Å². The van der Waals surface area contributed by atoms with Gasteiger partial charge in [-0.05, 0) is 100 Å². The molecule has 0 bridgehead atoms. The average molecular weight is 849 g/mol. The monoisotopic (exact) mass is 848 g/mol. The van der Waals surface area contributed by atoms with Gasteiger partial charge in [0.25, 0.3) is 32.4 Å². The Morgan fingerprint density at radius 3 is 2.32 bits per heavy atom. The van der Waals surface area contributed by atoms with Crippen molar-refractivity contribution < 1.29 is 58.9 Å². The molecule has 2 fully saturated rings. The molecule has 308 valence electrons. The van der Waals surface area contributed by atoms with E-state index in [-0.39, 0.29) is 49.1 Å². The van der Waals surface area contributed by atoms with Crippen LogP contribution in [-0.2, 0) is 44.0 Å². The first-order valence-electron chi connectivity index (χ1n) is 18.3. The summed E-state index contributed by atoms with van der Waals surface area (Å²) in [6.07, 6.45) is 1.02. The predicted octanol–water partition coefficient (Wildman–Crippen LogP) is 5.18. The minimum Gasteiger partial charge on any atom is -0.460 e. The van der Waals surface area contributed by atoms with Crippen LogP contribution in [0.5, 0.6) is 0 Å². The summed E-state index contributed by atoms with van der Waals surface area (Å²) in [5.41, 5.74) is 3.18. The molecule has 1 amide bonds. The first-order valence-corrected chi connectivity index (χ1v) is 21.7. The second-order valence-electron chi connectivity index (χ2n) is 15.3. The summed E-state index contributed by atoms with van der Waals surface area (Å²) in [5, 5.41) is 9.06. The third-order valence-corrected chi connectivity index (χ3v) is 11.8. The van der Waals surface area contributed by atoms with E-state index in [0.717, 1.165) is 10.9 Å². The lowest BCUT2D eigenvalue weighted by Crippen LogP contribution is -2.52. The minimum atomic E-state index is -4.73. The molecule has 1 unspecified atom stereocenters. The van der Waals surface area contributed by atoms with Crippen LogP contribution in [-0.4, -0.2) is 86.5 Å². The number of fused-ring (bicyclic) bond motifs is 2. The second kappa shape index (κ2) is 16.6. The van der Waals surface area contributed by atoms with Crippen molar-refractivity contribution in [3.8, 4) is 22.5 Å². The molecule has 2 saturated heterocycles. The molecule has 3 heterocycles. The molecule has 0 radical (unpaired) electrons. The van der Waals surface area contributed by atoms with Gasteiger partial charge in [-0.2, -0.15) is 21.4 Å². The Kier molecular flexibility index (Phi) is 12.4. The van der Waals surface area contributed by atoms with Gasteiger partial charge in [0.1, 0.15) is 16.9 Å². The molecule has 0 aromatic heterocycles. The molecule has 2 aromatic carbocycles. The van der Waals surface area contributed by atoms with E-state index in [1.165, 1.54) is 18.2 Å². The molecule has 4 aliphatic rings. The van der Waals surface area contributed by atoms with E-state index in [2.05, 4.69) is 27.6 Å². The Balaban J connectivity index is 1.52. The number of nitrogens with one attached hydrogen (secondary N) is 1. The van der Waals surface area contributed by atoms with Crippen molar-refractivity contribution in [3.63, 3.8) is 0 Å². The highest BCUT2D eigenvalue weighted by Crippen LogP contribution is 2.44. The molecule has 0 spiro atoms. The van der Waals surface area contributed by atoms with Crippen molar-refractivity contribution in [1.29, 1.82) is 0 Å². The molecule has 3 aliphatic heterocycles. The molecule has 16 nitrogen and oxygen atoms in total. The van der Waals surface area contributed by atoms with Gasteiger partial charge >= 0.3 is 5.97 Å². The van der Waals surface area contributed by atoms with E-state index in [1.807, 2.05) is 30.6 Å². The van der Waals surface area contributed by atoms with Crippen LogP contribution in [0.2, 0.25) is 0 Å². The van der Waals surface area contributed by atoms with Crippen LogP contribution in [0.3, 0.4) is 0 Å². The zero-order valence-electron chi connectivity index (χ0n) is 32.1. The number of amides is 1. The topological polar surface area (TPSA) is 211 Å². The molecule has 0 saturated carbocycles. The third kappa shape index (κ3) is 9.80. The van der Waals surface area contributed by atoms with Gasteiger partial charge in [0.05, 0.1) is 29.1 Å². The highest BCUT2D eigenvalue weighted by Gasteiger charge is 2.37. The van der Waals surface area contributed by atoms with Crippen LogP contribution in [0.1, 0.15) is 67.9 Å². The lowest BCUT2D eigenvalue weighted by molar-refractivity contribution is -0.488. The number of rotatable bonds is 12. The van der Waals surface area contributed by atoms with E-state index in [1.54, 1.807) is 37.8 Å². The Bertz CT molecular complexity index is 2470. The van der Waals surface area contributed by atoms with Gasteiger partial charge in [0.2, 0.25) is 5.36 Å². The van der Waals surface area contributed by atoms with E-state index >= 15 is 0 Å². The van der Waals surface area contributed by atoms with Crippen LogP contribution in [0.25, 0.3) is 33.4 Å². The van der Waals surface area contributed by atoms with Crippen molar-refractivity contribution in [3.05, 3.63) is 64.5 Å². The third-order valence-electron chi connectivity index (χ3n) is 10.0. The quantitative estimate of drug-likeness (QED) is 0.0167. The van der Waals surface area contributed by atoms with Crippen LogP contribution in [0.4, 0.5) is 5.69 Å². The van der Waals surface area contributed by atoms with Crippen molar-refractivity contribution in [1.82, 2.24) is 9.48 Å². The molecule has 57 heavy (non-hydrogen) atoms. The van der Waals surface area contributed by atoms with Gasteiger partial charge < -0.3 is 19.4 Å². The van der Waals surface area contributed by atoms with Crippen molar-refractivity contribution in [2.24, 2.45) is 5.92 Å². The number of piperidine rings is 1. The predicted molar refractivity (Wildman–Crippen MR) is 212 cm³/mol. The van der Waals surface area contributed by atoms with Crippen molar-refractivity contribution >= 4 is 61.7 Å². The summed E-state index contributed by atoms with van der Waals surface area (Å²) in [6, 6.07) is 11.1. The zero-order valence-corrected chi connectivity index (χ0v) is 34.6. The number of esters is 1. The lowest BCUT2D eigenvalue weighted by atomic mass is 9.88. The van der Waals surface area contributed by atoms with Crippen molar-refractivity contribution in [2.45, 2.75) is 77.0 Å². The highest BCUT2D eigenvalue weighted by molar-refractivity contribution is 7.86. The minimum absolute atomic E-state index is 0.128. The van der Waals surface area contributed by atoms with E-state index in [0.29, 0.717) is 64.9 Å². The average Bonchev–Trinajstić information content (AvgIpc) is 3.11. The number of likely N-dealkylation sites (tertiary alicyclic amines) is 1. The van der Waals surface area contributed by atoms with E-state index < -0.39 is 48.6 Å². The first-order chi connectivity index (χ1) is 26.7. The molecular formula is C38H46N3O13S3+. The number of carbonyl (C=O) groups excluding carboxylic acids is 2. The number of thiol groups is 1. The summed E-state index contributed by atoms with van der Waals surface area (Å²) in [5.74, 6) is -1.17. The van der Waals surface area contributed by atoms with Crippen molar-refractivity contribution in [2.75, 3.05) is 37.2 Å². The number of anilines is 1. The normalized spacial score (nSPS) is 17.8. The highest BCUT2D eigenvalue weighted by atomic mass is 32.2. The smallest absolute Gasteiger partial charge is 0.309 e. The standard InChI is InChI=1S/C38H45N3O13S3/c1-22-17-28-32(20-30(22)39-12-6-16-56(44,45)46)50-33-21-31(41-15-11-34(41)52-53-54-55)23(2)18-29(33)35(28)27-19-25(57(47,48)49)7-8-26(27)36(42)40-13-9-24(10-14-40)37(43)51-38(3,4)5/h7-8,17-21,24,34H,6,9-16H2,1-5H3,(H3,44,45,46,47,48,49,55)/p+1. The molecule has 19 heteroatoms. The largest absolute Gasteiger partial charge is 0.460 e. The maximum absolute atomic E-state index is 14.5. The molecule has 6 rings (SSSR count). The number of hydrogen-bond donors (Lipinski definition) is 4. The molecule has 2 aromatic rings. The molecular weight excluding hydrogens is 803 g/mol. The number of nitrogens with zero attached hydrogens (tertiary/aromatic N) is 2. The van der Waals surface area contributed by atoms with E-state index in [4.69, 9.17) is 14.0 Å². The fraction of sp³-hybridized carbons (Fsp3) is 0.447. The number of hydrogen-bond acceptors (Lipinski definition) is 13. The van der Waals surface area contributed by atoms with Gasteiger partial charge in [0.15, 0.2) is 6.54 Å². The van der Waals surface area contributed by atoms with E-state index in [9.17, 15) is 35.5 Å². The van der Waals surface area contributed by atoms with Crippen LogP contribution >= 0.6 is 12.9 Å². The lowest BCUT2D eigenvalue weighted by Gasteiger charge is -2.33. The number of aryl methyl sites for hydroxylation is 2. The van der Waals surface area contributed by atoms with Gasteiger partial charge in [-0.3, -0.25) is 18.7 Å². The summed E-state index contributed by atoms with van der Waals surface area (Å²) in [6.45, 7) is 10.4. The summed E-state index contributed by atoms with van der Waals surface area (Å²) in [4.78, 5) is 33.8. The molecule has 1 atom stereocenters. The Morgan fingerprint density at radius 1 is 0.982 bits per heavy atom. The first kappa shape index (κ1) is 42.5. The van der Waals surface area contributed by atoms with Gasteiger partial charge in [-0.25, -0.2) is 0 Å². The Morgan fingerprint density at radius 2 is 1.70 bits per heavy atom. The number of ether oxygens (including phenoxy) is 1. The molecule has 1 aliphatic carbocycles. The maximum Gasteiger partial charge on any atom is 0.309 e. The molecule has 3 N–H and O–H groups in total. The van der Waals surface area contributed by atoms with Crippen LogP contribution in [0, 0.1) is 19.8 Å². The summed E-state index contributed by atoms with van der Waals surface area (Å²) >= 11 is 3.56. The number of benzene rings is 3. The van der Waals surface area contributed by atoms with Crippen LogP contribution in [0.15, 0.2) is 51.8 Å².